The average Bonchev–Trinajstić information content (AvgIpc) is 2.77. The van der Waals surface area contributed by atoms with Crippen LogP contribution in [0.5, 0.6) is 0 Å². The smallest absolute Gasteiger partial charge is 0.309 e. The van der Waals surface area contributed by atoms with Crippen LogP contribution in [0.1, 0.15) is 43.7 Å². The zero-order valence-electron chi connectivity index (χ0n) is 11.3. The highest BCUT2D eigenvalue weighted by Crippen LogP contribution is 2.33. The topological polar surface area (TPSA) is 40.5 Å². The summed E-state index contributed by atoms with van der Waals surface area (Å²) < 4.78 is 0. The number of hydrogen-bond donors (Lipinski definition) is 1. The Labute approximate surface area is 112 Å². The third-order valence-corrected chi connectivity index (χ3v) is 5.00. The molecule has 1 N–H and O–H groups in total. The third-order valence-electron chi connectivity index (χ3n) is 4.01. The quantitative estimate of drug-likeness (QED) is 0.911. The molecule has 1 aromatic heterocycles. The number of carboxylic acids is 1. The molecule has 1 aliphatic rings. The summed E-state index contributed by atoms with van der Waals surface area (Å²) in [7, 11) is 0. The van der Waals surface area contributed by atoms with Crippen LogP contribution in [0.4, 0.5) is 0 Å². The molecule has 0 radical (unpaired) electrons. The maximum atomic E-state index is 11.1. The van der Waals surface area contributed by atoms with Gasteiger partial charge in [0.1, 0.15) is 0 Å². The molecule has 18 heavy (non-hydrogen) atoms. The first-order chi connectivity index (χ1) is 8.42. The summed E-state index contributed by atoms with van der Waals surface area (Å²) in [5.74, 6) is -0.705. The summed E-state index contributed by atoms with van der Waals surface area (Å²) in [5, 5.41) is 11.3. The number of carbonyl (C=O) groups is 1. The highest BCUT2D eigenvalue weighted by Gasteiger charge is 2.30. The molecular formula is C14H21NO2S. The first-order valence-electron chi connectivity index (χ1n) is 6.45. The van der Waals surface area contributed by atoms with Gasteiger partial charge in [0.25, 0.3) is 0 Å². The number of hydrogen-bond acceptors (Lipinski definition) is 3. The number of fused-ring (bicyclic) bond motifs is 1. The predicted molar refractivity (Wildman–Crippen MR) is 74.0 cm³/mol. The summed E-state index contributed by atoms with van der Waals surface area (Å²) in [4.78, 5) is 15.0. The van der Waals surface area contributed by atoms with Crippen molar-refractivity contribution in [2.24, 2.45) is 5.41 Å². The molecule has 0 saturated carbocycles. The van der Waals surface area contributed by atoms with E-state index >= 15 is 0 Å². The summed E-state index contributed by atoms with van der Waals surface area (Å²) in [6, 6.07) is 2.63. The lowest BCUT2D eigenvalue weighted by Crippen LogP contribution is -2.37. The summed E-state index contributed by atoms with van der Waals surface area (Å²) in [6.45, 7) is 7.73. The Balaban J connectivity index is 1.98. The van der Waals surface area contributed by atoms with Crippen LogP contribution in [-0.2, 0) is 11.2 Å². The highest BCUT2D eigenvalue weighted by atomic mass is 32.1. The Morgan fingerprint density at radius 1 is 1.61 bits per heavy atom. The molecule has 1 aromatic rings. The lowest BCUT2D eigenvalue weighted by Gasteiger charge is -2.35. The van der Waals surface area contributed by atoms with Crippen LogP contribution < -0.4 is 0 Å². The number of rotatable bonds is 4. The van der Waals surface area contributed by atoms with E-state index in [-0.39, 0.29) is 0 Å². The molecule has 0 aromatic carbocycles. The van der Waals surface area contributed by atoms with E-state index in [9.17, 15) is 4.79 Å². The SMILES string of the molecule is CC1c2ccsc2CCN1CCC(C)(C)C(=O)O. The highest BCUT2D eigenvalue weighted by molar-refractivity contribution is 7.10. The molecule has 3 nitrogen and oxygen atoms in total. The zero-order valence-corrected chi connectivity index (χ0v) is 12.1. The summed E-state index contributed by atoms with van der Waals surface area (Å²) >= 11 is 1.84. The molecule has 2 rings (SSSR count). The number of thiophene rings is 1. The van der Waals surface area contributed by atoms with Crippen molar-refractivity contribution < 1.29 is 9.90 Å². The van der Waals surface area contributed by atoms with Gasteiger partial charge >= 0.3 is 5.97 Å². The van der Waals surface area contributed by atoms with Gasteiger partial charge < -0.3 is 5.11 Å². The predicted octanol–water partition coefficient (Wildman–Crippen LogP) is 3.17. The minimum absolute atomic E-state index is 0.421. The summed E-state index contributed by atoms with van der Waals surface area (Å²) in [6.07, 6.45) is 1.80. The zero-order chi connectivity index (χ0) is 13.3. The second-order valence-corrected chi connectivity index (χ2v) is 6.70. The normalized spacial score (nSPS) is 20.7. The second kappa shape index (κ2) is 5.02. The van der Waals surface area contributed by atoms with Crippen LogP contribution in [-0.4, -0.2) is 29.1 Å². The standard InChI is InChI=1S/C14H21NO2S/c1-10-11-5-9-18-12(11)4-7-15(10)8-6-14(2,3)13(16)17/h5,9-10H,4,6-8H2,1-3H3,(H,16,17). The van der Waals surface area contributed by atoms with Gasteiger partial charge in [-0.2, -0.15) is 0 Å². The van der Waals surface area contributed by atoms with Gasteiger partial charge in [0.2, 0.25) is 0 Å². The molecule has 1 unspecified atom stereocenters. The van der Waals surface area contributed by atoms with Gasteiger partial charge in [-0.1, -0.05) is 0 Å². The molecule has 0 aliphatic carbocycles. The lowest BCUT2D eigenvalue weighted by molar-refractivity contribution is -0.147. The van der Waals surface area contributed by atoms with E-state index in [1.54, 1.807) is 13.8 Å². The van der Waals surface area contributed by atoms with Crippen molar-refractivity contribution in [1.82, 2.24) is 4.90 Å². The molecule has 0 bridgehead atoms. The Morgan fingerprint density at radius 3 is 3.00 bits per heavy atom. The molecule has 100 valence electrons. The van der Waals surface area contributed by atoms with Crippen LogP contribution in [0.3, 0.4) is 0 Å². The van der Waals surface area contributed by atoms with Crippen LogP contribution in [0.2, 0.25) is 0 Å². The monoisotopic (exact) mass is 267 g/mol. The molecule has 4 heteroatoms. The van der Waals surface area contributed by atoms with Crippen LogP contribution in [0.25, 0.3) is 0 Å². The van der Waals surface area contributed by atoms with Crippen molar-refractivity contribution in [3.05, 3.63) is 21.9 Å². The Kier molecular flexibility index (Phi) is 3.78. The fourth-order valence-electron chi connectivity index (χ4n) is 2.40. The number of carboxylic acid groups (broad SMARTS) is 1. The van der Waals surface area contributed by atoms with Crippen molar-refractivity contribution in [1.29, 1.82) is 0 Å². The molecule has 0 amide bonds. The Hall–Kier alpha value is -0.870. The van der Waals surface area contributed by atoms with Crippen LogP contribution in [0, 0.1) is 5.41 Å². The van der Waals surface area contributed by atoms with Crippen molar-refractivity contribution in [2.45, 2.75) is 39.7 Å². The van der Waals surface area contributed by atoms with E-state index in [0.29, 0.717) is 12.5 Å². The maximum absolute atomic E-state index is 11.1. The van der Waals surface area contributed by atoms with Crippen molar-refractivity contribution in [3.63, 3.8) is 0 Å². The number of aliphatic carboxylic acids is 1. The van der Waals surface area contributed by atoms with E-state index in [4.69, 9.17) is 5.11 Å². The van der Waals surface area contributed by atoms with Gasteiger partial charge in [0.05, 0.1) is 5.41 Å². The minimum atomic E-state index is -0.705. The third kappa shape index (κ3) is 2.59. The second-order valence-electron chi connectivity index (χ2n) is 5.70. The number of nitrogens with zero attached hydrogens (tertiary/aromatic N) is 1. The molecule has 0 saturated heterocycles. The van der Waals surface area contributed by atoms with Crippen LogP contribution >= 0.6 is 11.3 Å². The minimum Gasteiger partial charge on any atom is -0.481 e. The van der Waals surface area contributed by atoms with Crippen LogP contribution in [0.15, 0.2) is 11.4 Å². The van der Waals surface area contributed by atoms with E-state index in [0.717, 1.165) is 19.5 Å². The molecule has 0 spiro atoms. The fraction of sp³-hybridized carbons (Fsp3) is 0.643. The van der Waals surface area contributed by atoms with E-state index < -0.39 is 11.4 Å². The largest absolute Gasteiger partial charge is 0.481 e. The van der Waals surface area contributed by atoms with Crippen molar-refractivity contribution in [3.8, 4) is 0 Å². The van der Waals surface area contributed by atoms with Gasteiger partial charge in [0.15, 0.2) is 0 Å². The Bertz CT molecular complexity index is 439. The molecule has 1 atom stereocenters. The molecular weight excluding hydrogens is 246 g/mol. The van der Waals surface area contributed by atoms with E-state index in [1.807, 2.05) is 11.3 Å². The van der Waals surface area contributed by atoms with Crippen molar-refractivity contribution >= 4 is 17.3 Å². The van der Waals surface area contributed by atoms with Crippen molar-refractivity contribution in [2.75, 3.05) is 13.1 Å². The van der Waals surface area contributed by atoms with Gasteiger partial charge in [-0.15, -0.1) is 11.3 Å². The van der Waals surface area contributed by atoms with E-state index in [2.05, 4.69) is 23.3 Å². The molecule has 0 fully saturated rings. The summed E-state index contributed by atoms with van der Waals surface area (Å²) in [5.41, 5.74) is 0.800. The first kappa shape index (κ1) is 13.6. The van der Waals surface area contributed by atoms with Gasteiger partial charge in [-0.3, -0.25) is 9.69 Å². The molecule has 1 aliphatic heterocycles. The van der Waals surface area contributed by atoms with Gasteiger partial charge in [-0.25, -0.2) is 0 Å². The maximum Gasteiger partial charge on any atom is 0.309 e. The fourth-order valence-corrected chi connectivity index (χ4v) is 3.36. The van der Waals surface area contributed by atoms with Gasteiger partial charge in [-0.05, 0) is 57.2 Å². The lowest BCUT2D eigenvalue weighted by atomic mass is 9.88. The van der Waals surface area contributed by atoms with E-state index in [1.165, 1.54) is 10.4 Å². The molecule has 2 heterocycles. The van der Waals surface area contributed by atoms with Gasteiger partial charge in [0, 0.05) is 17.5 Å². The average molecular weight is 267 g/mol. The first-order valence-corrected chi connectivity index (χ1v) is 7.33. The Morgan fingerprint density at radius 2 is 2.33 bits per heavy atom.